The maximum absolute atomic E-state index is 12.4. The Labute approximate surface area is 124 Å². The lowest BCUT2D eigenvalue weighted by Gasteiger charge is -2.33. The van der Waals surface area contributed by atoms with Gasteiger partial charge in [0, 0.05) is 24.0 Å². The summed E-state index contributed by atoms with van der Waals surface area (Å²) in [5, 5.41) is 2.12. The lowest BCUT2D eigenvalue weighted by Crippen LogP contribution is -2.48. The van der Waals surface area contributed by atoms with Crippen molar-refractivity contribution in [2.75, 3.05) is 32.8 Å². The number of nitrogens with zero attached hydrogens (tertiary/aromatic N) is 2. The summed E-state index contributed by atoms with van der Waals surface area (Å²) in [6.45, 7) is 5.76. The Bertz CT molecular complexity index is 449. The highest BCUT2D eigenvalue weighted by Gasteiger charge is 2.30. The van der Waals surface area contributed by atoms with Crippen molar-refractivity contribution in [1.29, 1.82) is 0 Å². The molecule has 4 nitrogen and oxygen atoms in total. The summed E-state index contributed by atoms with van der Waals surface area (Å²) in [6, 6.07) is 4.73. The molecule has 1 amide bonds. The van der Waals surface area contributed by atoms with E-state index in [9.17, 15) is 4.79 Å². The van der Waals surface area contributed by atoms with Gasteiger partial charge in [0.1, 0.15) is 0 Å². The summed E-state index contributed by atoms with van der Waals surface area (Å²) in [5.41, 5.74) is 0. The van der Waals surface area contributed by atoms with Gasteiger partial charge in [-0.2, -0.15) is 0 Å². The Hall–Kier alpha value is -0.910. The molecule has 0 unspecified atom stereocenters. The molecule has 0 spiro atoms. The first-order valence-electron chi connectivity index (χ1n) is 7.41. The molecule has 2 fully saturated rings. The number of ether oxygens (including phenoxy) is 1. The topological polar surface area (TPSA) is 32.8 Å². The number of rotatable bonds is 3. The first kappa shape index (κ1) is 14.0. The van der Waals surface area contributed by atoms with E-state index in [0.717, 1.165) is 19.6 Å². The normalized spacial score (nSPS) is 27.9. The minimum absolute atomic E-state index is 0.166. The first-order valence-corrected chi connectivity index (χ1v) is 8.29. The molecule has 3 heterocycles. The van der Waals surface area contributed by atoms with Gasteiger partial charge >= 0.3 is 0 Å². The second-order valence-electron chi connectivity index (χ2n) is 5.67. The van der Waals surface area contributed by atoms with Gasteiger partial charge in [0.15, 0.2) is 0 Å². The molecule has 0 aliphatic carbocycles. The smallest absolute Gasteiger partial charge is 0.236 e. The van der Waals surface area contributed by atoms with E-state index < -0.39 is 0 Å². The van der Waals surface area contributed by atoms with Gasteiger partial charge in [0.25, 0.3) is 0 Å². The molecule has 0 aromatic carbocycles. The van der Waals surface area contributed by atoms with E-state index >= 15 is 0 Å². The Balaban J connectivity index is 1.60. The maximum Gasteiger partial charge on any atom is 0.236 e. The molecule has 1 aromatic heterocycles. The van der Waals surface area contributed by atoms with Crippen molar-refractivity contribution in [3.05, 3.63) is 22.4 Å². The fourth-order valence-electron chi connectivity index (χ4n) is 3.14. The van der Waals surface area contributed by atoms with E-state index in [1.807, 2.05) is 11.8 Å². The maximum atomic E-state index is 12.4. The molecular formula is C15H22N2O2S. The molecule has 2 aliphatic rings. The monoisotopic (exact) mass is 294 g/mol. The van der Waals surface area contributed by atoms with Crippen molar-refractivity contribution in [3.8, 4) is 0 Å². The quantitative estimate of drug-likeness (QED) is 0.856. The van der Waals surface area contributed by atoms with Crippen LogP contribution in [-0.2, 0) is 9.53 Å². The van der Waals surface area contributed by atoms with E-state index in [0.29, 0.717) is 19.2 Å². The lowest BCUT2D eigenvalue weighted by atomic mass is 10.2. The van der Waals surface area contributed by atoms with E-state index in [2.05, 4.69) is 22.4 Å². The zero-order valence-electron chi connectivity index (χ0n) is 12.0. The minimum atomic E-state index is 0.166. The van der Waals surface area contributed by atoms with E-state index in [-0.39, 0.29) is 12.0 Å². The average Bonchev–Trinajstić information content (AvgIpc) is 3.08. The largest absolute Gasteiger partial charge is 0.375 e. The molecule has 5 heteroatoms. The third-order valence-corrected chi connectivity index (χ3v) is 5.14. The van der Waals surface area contributed by atoms with E-state index in [1.165, 1.54) is 17.7 Å². The molecule has 0 saturated carbocycles. The van der Waals surface area contributed by atoms with Crippen molar-refractivity contribution in [2.24, 2.45) is 0 Å². The van der Waals surface area contributed by atoms with Crippen LogP contribution in [0.1, 0.15) is 30.7 Å². The van der Waals surface area contributed by atoms with Gasteiger partial charge in [-0.15, -0.1) is 11.3 Å². The van der Waals surface area contributed by atoms with Crippen LogP contribution in [0.3, 0.4) is 0 Å². The first-order chi connectivity index (χ1) is 9.74. The molecule has 110 valence electrons. The summed E-state index contributed by atoms with van der Waals surface area (Å²) in [6.07, 6.45) is 2.53. The molecule has 3 rings (SSSR count). The number of amides is 1. The van der Waals surface area contributed by atoms with Gasteiger partial charge in [-0.1, -0.05) is 6.07 Å². The zero-order chi connectivity index (χ0) is 13.9. The summed E-state index contributed by atoms with van der Waals surface area (Å²) in [4.78, 5) is 18.1. The zero-order valence-corrected chi connectivity index (χ0v) is 12.8. The second-order valence-corrected chi connectivity index (χ2v) is 6.64. The van der Waals surface area contributed by atoms with Crippen LogP contribution in [0.15, 0.2) is 17.5 Å². The Morgan fingerprint density at radius 2 is 2.40 bits per heavy atom. The molecule has 0 bridgehead atoms. The minimum Gasteiger partial charge on any atom is -0.375 e. The highest BCUT2D eigenvalue weighted by atomic mass is 32.1. The van der Waals surface area contributed by atoms with Gasteiger partial charge in [-0.3, -0.25) is 9.69 Å². The number of morpholine rings is 1. The highest BCUT2D eigenvalue weighted by molar-refractivity contribution is 7.10. The van der Waals surface area contributed by atoms with Crippen LogP contribution in [0.2, 0.25) is 0 Å². The molecule has 1 aromatic rings. The van der Waals surface area contributed by atoms with Crippen LogP contribution in [-0.4, -0.2) is 54.6 Å². The molecule has 2 atom stereocenters. The highest BCUT2D eigenvalue weighted by Crippen LogP contribution is 2.34. The number of hydrogen-bond donors (Lipinski definition) is 0. The van der Waals surface area contributed by atoms with Gasteiger partial charge in [0.2, 0.25) is 5.91 Å². The van der Waals surface area contributed by atoms with Crippen molar-refractivity contribution in [1.82, 2.24) is 9.80 Å². The average molecular weight is 294 g/mol. The van der Waals surface area contributed by atoms with Crippen LogP contribution in [0.4, 0.5) is 0 Å². The molecule has 2 saturated heterocycles. The molecular weight excluding hydrogens is 272 g/mol. The Kier molecular flexibility index (Phi) is 4.38. The third kappa shape index (κ3) is 3.05. The van der Waals surface area contributed by atoms with Crippen molar-refractivity contribution < 1.29 is 9.53 Å². The summed E-state index contributed by atoms with van der Waals surface area (Å²) >= 11 is 1.80. The fourth-order valence-corrected chi connectivity index (χ4v) is 4.03. The Morgan fingerprint density at radius 1 is 1.50 bits per heavy atom. The van der Waals surface area contributed by atoms with Crippen LogP contribution in [0.5, 0.6) is 0 Å². The molecule has 0 N–H and O–H groups in total. The van der Waals surface area contributed by atoms with Crippen molar-refractivity contribution in [2.45, 2.75) is 31.9 Å². The fraction of sp³-hybridized carbons (Fsp3) is 0.667. The van der Waals surface area contributed by atoms with Crippen LogP contribution >= 0.6 is 11.3 Å². The standard InChI is InChI=1S/C15H22N2O2S/c1-12-10-17(7-8-19-12)15(18)11-16-6-2-4-13(16)14-5-3-9-20-14/h3,5,9,12-13H,2,4,6-8,10-11H2,1H3/t12-,13+/m0/s1. The number of thiophene rings is 1. The van der Waals surface area contributed by atoms with Gasteiger partial charge < -0.3 is 9.64 Å². The van der Waals surface area contributed by atoms with Crippen molar-refractivity contribution >= 4 is 17.2 Å². The molecule has 20 heavy (non-hydrogen) atoms. The SMILES string of the molecule is C[C@H]1CN(C(=O)CN2CCC[C@@H]2c2cccs2)CCO1. The third-order valence-electron chi connectivity index (χ3n) is 4.17. The number of hydrogen-bond acceptors (Lipinski definition) is 4. The number of carbonyl (C=O) groups excluding carboxylic acids is 1. The molecule has 2 aliphatic heterocycles. The summed E-state index contributed by atoms with van der Waals surface area (Å²) in [5.74, 6) is 0.253. The van der Waals surface area contributed by atoms with Crippen LogP contribution < -0.4 is 0 Å². The van der Waals surface area contributed by atoms with Gasteiger partial charge in [0.05, 0.1) is 19.3 Å². The summed E-state index contributed by atoms with van der Waals surface area (Å²) < 4.78 is 5.50. The van der Waals surface area contributed by atoms with Gasteiger partial charge in [-0.05, 0) is 37.8 Å². The second kappa shape index (κ2) is 6.24. The number of carbonyl (C=O) groups is 1. The Morgan fingerprint density at radius 3 is 3.15 bits per heavy atom. The van der Waals surface area contributed by atoms with Crippen molar-refractivity contribution in [3.63, 3.8) is 0 Å². The van der Waals surface area contributed by atoms with E-state index in [4.69, 9.17) is 4.74 Å². The number of likely N-dealkylation sites (tertiary alicyclic amines) is 1. The predicted molar refractivity (Wildman–Crippen MR) is 79.9 cm³/mol. The molecule has 0 radical (unpaired) electrons. The lowest BCUT2D eigenvalue weighted by molar-refractivity contribution is -0.139. The van der Waals surface area contributed by atoms with Gasteiger partial charge in [-0.25, -0.2) is 0 Å². The van der Waals surface area contributed by atoms with Crippen LogP contribution in [0, 0.1) is 0 Å². The summed E-state index contributed by atoms with van der Waals surface area (Å²) in [7, 11) is 0. The van der Waals surface area contributed by atoms with Crippen LogP contribution in [0.25, 0.3) is 0 Å². The van der Waals surface area contributed by atoms with E-state index in [1.54, 1.807) is 11.3 Å². The predicted octanol–water partition coefficient (Wildman–Crippen LogP) is 2.13.